The van der Waals surface area contributed by atoms with E-state index < -0.39 is 23.4 Å². The zero-order valence-corrected chi connectivity index (χ0v) is 13.2. The minimum atomic E-state index is -0.645. The number of nitrogens with zero attached hydrogens (tertiary/aromatic N) is 1. The van der Waals surface area contributed by atoms with Crippen molar-refractivity contribution in [3.8, 4) is 0 Å². The smallest absolute Gasteiger partial charge is 0.338 e. The number of anilines is 1. The maximum absolute atomic E-state index is 11.9. The topological polar surface area (TPSA) is 98.5 Å². The molecular weight excluding hydrogens is 312 g/mol. The van der Waals surface area contributed by atoms with Crippen molar-refractivity contribution in [2.45, 2.75) is 13.8 Å². The lowest BCUT2D eigenvalue weighted by molar-refractivity contribution is -0.384. The van der Waals surface area contributed by atoms with E-state index in [9.17, 15) is 19.7 Å². The van der Waals surface area contributed by atoms with E-state index >= 15 is 0 Å². The van der Waals surface area contributed by atoms with Gasteiger partial charge in [-0.3, -0.25) is 14.9 Å². The van der Waals surface area contributed by atoms with Crippen molar-refractivity contribution in [1.29, 1.82) is 0 Å². The van der Waals surface area contributed by atoms with Gasteiger partial charge in [-0.2, -0.15) is 0 Å². The van der Waals surface area contributed by atoms with Gasteiger partial charge < -0.3 is 10.1 Å². The number of nitro groups is 1. The number of amides is 1. The summed E-state index contributed by atoms with van der Waals surface area (Å²) < 4.78 is 4.92. The van der Waals surface area contributed by atoms with Crippen LogP contribution in [-0.4, -0.2) is 23.4 Å². The lowest BCUT2D eigenvalue weighted by Gasteiger charge is -2.09. The van der Waals surface area contributed by atoms with Gasteiger partial charge in [0.25, 0.3) is 11.6 Å². The SMILES string of the molecule is Cc1ccc(C(=O)OCC(=O)Nc2c(C)cccc2[N+](=O)[O-])cc1. The molecule has 7 heteroatoms. The van der Waals surface area contributed by atoms with E-state index in [-0.39, 0.29) is 11.4 Å². The first-order chi connectivity index (χ1) is 11.4. The van der Waals surface area contributed by atoms with Crippen LogP contribution in [0, 0.1) is 24.0 Å². The van der Waals surface area contributed by atoms with Crippen LogP contribution in [0.5, 0.6) is 0 Å². The van der Waals surface area contributed by atoms with E-state index in [0.717, 1.165) is 5.56 Å². The van der Waals surface area contributed by atoms with E-state index in [0.29, 0.717) is 11.1 Å². The van der Waals surface area contributed by atoms with Gasteiger partial charge in [-0.05, 0) is 31.5 Å². The molecule has 0 saturated heterocycles. The Morgan fingerprint density at radius 1 is 1.12 bits per heavy atom. The van der Waals surface area contributed by atoms with E-state index in [1.807, 2.05) is 6.92 Å². The zero-order valence-electron chi connectivity index (χ0n) is 13.2. The van der Waals surface area contributed by atoms with Gasteiger partial charge in [0.2, 0.25) is 0 Å². The Morgan fingerprint density at radius 2 is 1.79 bits per heavy atom. The molecule has 124 valence electrons. The number of esters is 1. The molecule has 0 bridgehead atoms. The third-order valence-electron chi connectivity index (χ3n) is 3.33. The maximum atomic E-state index is 11.9. The number of carbonyl (C=O) groups excluding carboxylic acids is 2. The first-order valence-corrected chi connectivity index (χ1v) is 7.16. The van der Waals surface area contributed by atoms with Gasteiger partial charge in [0.15, 0.2) is 6.61 Å². The van der Waals surface area contributed by atoms with Crippen LogP contribution in [0.25, 0.3) is 0 Å². The highest BCUT2D eigenvalue weighted by atomic mass is 16.6. The van der Waals surface area contributed by atoms with E-state index in [1.165, 1.54) is 12.1 Å². The molecule has 1 N–H and O–H groups in total. The summed E-state index contributed by atoms with van der Waals surface area (Å²) in [6, 6.07) is 11.2. The number of nitrogens with one attached hydrogen (secondary N) is 1. The summed E-state index contributed by atoms with van der Waals surface area (Å²) in [7, 11) is 0. The molecule has 0 unspecified atom stereocenters. The van der Waals surface area contributed by atoms with Gasteiger partial charge in [0.1, 0.15) is 5.69 Å². The molecule has 0 aliphatic heterocycles. The number of hydrogen-bond donors (Lipinski definition) is 1. The van der Waals surface area contributed by atoms with Crippen LogP contribution >= 0.6 is 0 Å². The second kappa shape index (κ2) is 7.36. The van der Waals surface area contributed by atoms with Crippen LogP contribution < -0.4 is 5.32 Å². The van der Waals surface area contributed by atoms with Crippen molar-refractivity contribution in [2.24, 2.45) is 0 Å². The fourth-order valence-electron chi connectivity index (χ4n) is 2.05. The summed E-state index contributed by atoms with van der Waals surface area (Å²) in [4.78, 5) is 34.2. The molecule has 2 rings (SSSR count). The number of aryl methyl sites for hydroxylation is 2. The molecule has 24 heavy (non-hydrogen) atoms. The molecule has 7 nitrogen and oxygen atoms in total. The van der Waals surface area contributed by atoms with Crippen LogP contribution in [0.1, 0.15) is 21.5 Å². The number of ether oxygens (including phenoxy) is 1. The minimum absolute atomic E-state index is 0.0962. The van der Waals surface area contributed by atoms with Gasteiger partial charge in [0, 0.05) is 6.07 Å². The number of rotatable bonds is 5. The third-order valence-corrected chi connectivity index (χ3v) is 3.33. The second-order valence-corrected chi connectivity index (χ2v) is 5.22. The highest BCUT2D eigenvalue weighted by Gasteiger charge is 2.18. The summed E-state index contributed by atoms with van der Waals surface area (Å²) in [5, 5.41) is 13.4. The molecule has 0 aliphatic rings. The lowest BCUT2D eigenvalue weighted by Crippen LogP contribution is -2.22. The number of carbonyl (C=O) groups is 2. The number of para-hydroxylation sites is 1. The Balaban J connectivity index is 2.00. The first kappa shape index (κ1) is 17.1. The predicted octanol–water partition coefficient (Wildman–Crippen LogP) is 3.01. The summed E-state index contributed by atoms with van der Waals surface area (Å²) in [6.07, 6.45) is 0. The molecule has 2 aromatic carbocycles. The molecule has 2 aromatic rings. The monoisotopic (exact) mass is 328 g/mol. The predicted molar refractivity (Wildman–Crippen MR) is 87.9 cm³/mol. The average molecular weight is 328 g/mol. The minimum Gasteiger partial charge on any atom is -0.452 e. The molecule has 0 aliphatic carbocycles. The van der Waals surface area contributed by atoms with Gasteiger partial charge in [0.05, 0.1) is 10.5 Å². The molecule has 0 aromatic heterocycles. The largest absolute Gasteiger partial charge is 0.452 e. The van der Waals surface area contributed by atoms with Crippen LogP contribution in [0.4, 0.5) is 11.4 Å². The maximum Gasteiger partial charge on any atom is 0.338 e. The zero-order chi connectivity index (χ0) is 17.7. The van der Waals surface area contributed by atoms with E-state index in [1.54, 1.807) is 37.3 Å². The van der Waals surface area contributed by atoms with Gasteiger partial charge >= 0.3 is 5.97 Å². The summed E-state index contributed by atoms with van der Waals surface area (Å²) in [5.41, 5.74) is 1.75. The van der Waals surface area contributed by atoms with Crippen LogP contribution in [0.15, 0.2) is 42.5 Å². The standard InChI is InChI=1S/C17H16N2O5/c1-11-6-8-13(9-7-11)17(21)24-10-15(20)18-16-12(2)4-3-5-14(16)19(22)23/h3-9H,10H2,1-2H3,(H,18,20). The molecule has 0 heterocycles. The van der Waals surface area contributed by atoms with Crippen molar-refractivity contribution in [1.82, 2.24) is 0 Å². The van der Waals surface area contributed by atoms with Crippen molar-refractivity contribution < 1.29 is 19.2 Å². The highest BCUT2D eigenvalue weighted by molar-refractivity contribution is 5.97. The summed E-state index contributed by atoms with van der Waals surface area (Å²) in [6.45, 7) is 3.00. The summed E-state index contributed by atoms with van der Waals surface area (Å²) in [5.74, 6) is -1.28. The molecule has 0 spiro atoms. The molecule has 0 saturated carbocycles. The highest BCUT2D eigenvalue weighted by Crippen LogP contribution is 2.27. The fourth-order valence-corrected chi connectivity index (χ4v) is 2.05. The Hall–Kier alpha value is -3.22. The molecule has 0 atom stereocenters. The van der Waals surface area contributed by atoms with E-state index in [4.69, 9.17) is 4.74 Å². The van der Waals surface area contributed by atoms with Crippen LogP contribution in [0.3, 0.4) is 0 Å². The lowest BCUT2D eigenvalue weighted by atomic mass is 10.1. The van der Waals surface area contributed by atoms with Crippen molar-refractivity contribution in [3.63, 3.8) is 0 Å². The Morgan fingerprint density at radius 3 is 2.42 bits per heavy atom. The number of hydrogen-bond acceptors (Lipinski definition) is 5. The number of benzene rings is 2. The van der Waals surface area contributed by atoms with E-state index in [2.05, 4.69) is 5.32 Å². The van der Waals surface area contributed by atoms with Gasteiger partial charge in [-0.15, -0.1) is 0 Å². The first-order valence-electron chi connectivity index (χ1n) is 7.16. The third kappa shape index (κ3) is 4.16. The average Bonchev–Trinajstić information content (AvgIpc) is 2.55. The Bertz CT molecular complexity index is 784. The van der Waals surface area contributed by atoms with Crippen LogP contribution in [0.2, 0.25) is 0 Å². The quantitative estimate of drug-likeness (QED) is 0.517. The summed E-state index contributed by atoms with van der Waals surface area (Å²) >= 11 is 0. The normalized spacial score (nSPS) is 10.1. The molecule has 0 fully saturated rings. The van der Waals surface area contributed by atoms with Crippen molar-refractivity contribution in [3.05, 3.63) is 69.3 Å². The van der Waals surface area contributed by atoms with Gasteiger partial charge in [-0.25, -0.2) is 4.79 Å². The Labute approximate surface area is 138 Å². The molecule has 1 amide bonds. The number of nitro benzene ring substituents is 1. The van der Waals surface area contributed by atoms with Crippen molar-refractivity contribution in [2.75, 3.05) is 11.9 Å². The van der Waals surface area contributed by atoms with Gasteiger partial charge in [-0.1, -0.05) is 29.8 Å². The second-order valence-electron chi connectivity index (χ2n) is 5.22. The molecular formula is C17H16N2O5. The fraction of sp³-hybridized carbons (Fsp3) is 0.176. The Kier molecular flexibility index (Phi) is 5.26. The molecule has 0 radical (unpaired) electrons. The van der Waals surface area contributed by atoms with Crippen LogP contribution in [-0.2, 0) is 9.53 Å². The van der Waals surface area contributed by atoms with Crippen molar-refractivity contribution >= 4 is 23.3 Å².